The molecule has 0 aliphatic carbocycles. The fraction of sp³-hybridized carbons (Fsp3) is 0.629. The summed E-state index contributed by atoms with van der Waals surface area (Å²) in [4.78, 5) is 119. The first-order valence-electron chi connectivity index (χ1n) is 32.4. The maximum absolute atomic E-state index is 14.2. The van der Waals surface area contributed by atoms with Crippen LogP contribution in [-0.4, -0.2) is 139 Å². The summed E-state index contributed by atoms with van der Waals surface area (Å²) in [5, 5.41) is 0. The predicted octanol–water partition coefficient (Wildman–Crippen LogP) is 15.8. The zero-order valence-electron chi connectivity index (χ0n) is 58.4. The van der Waals surface area contributed by atoms with E-state index in [2.05, 4.69) is 20.0 Å². The van der Waals surface area contributed by atoms with Gasteiger partial charge in [0.15, 0.2) is 5.78 Å². The van der Waals surface area contributed by atoms with Gasteiger partial charge in [-0.3, -0.25) is 19.2 Å². The van der Waals surface area contributed by atoms with Crippen LogP contribution >= 0.6 is 0 Å². The molecule has 20 nitrogen and oxygen atoms in total. The fourth-order valence-electron chi connectivity index (χ4n) is 10.1. The van der Waals surface area contributed by atoms with Crippen LogP contribution in [0.3, 0.4) is 0 Å². The molecule has 532 valence electrons. The highest BCUT2D eigenvalue weighted by Gasteiger charge is 2.38. The molecular weight excluding hydrogens is 1260 g/mol. The van der Waals surface area contributed by atoms with Crippen molar-refractivity contribution in [3.05, 3.63) is 81.4 Å². The van der Waals surface area contributed by atoms with Crippen LogP contribution in [0.1, 0.15) is 230 Å². The number of ketones is 4. The molecule has 0 radical (unpaired) electrons. The monoisotopic (exact) mass is 1360 g/mol. The number of carbonyl (C=O) groups is 8. The average Bonchev–Trinajstić information content (AvgIpc) is 1.02. The minimum atomic E-state index is -4.76. The van der Waals surface area contributed by atoms with Gasteiger partial charge < -0.3 is 38.2 Å². The maximum Gasteiger partial charge on any atom is 0.434 e. The molecule has 5 rings (SSSR count). The molecule has 3 aromatic rings. The minimum Gasteiger partial charge on any atom is -0.488 e. The number of carbonyl (C=O) groups excluding carboxylic acids is 8. The Balaban J connectivity index is 0.000000412. The molecule has 96 heavy (non-hydrogen) atoms. The number of rotatable bonds is 25. The molecule has 1 aromatic heterocycles. The van der Waals surface area contributed by atoms with Gasteiger partial charge in [0.25, 0.3) is 0 Å². The lowest BCUT2D eigenvalue weighted by Gasteiger charge is -2.25. The van der Waals surface area contributed by atoms with E-state index < -0.39 is 94.7 Å². The Kier molecular flexibility index (Phi) is 29.3. The van der Waals surface area contributed by atoms with Gasteiger partial charge in [0, 0.05) is 104 Å². The molecule has 2 fully saturated rings. The number of nitrogens with zero attached hydrogens (tertiary/aromatic N) is 6. The smallest absolute Gasteiger partial charge is 0.434 e. The van der Waals surface area contributed by atoms with Crippen molar-refractivity contribution < 1.29 is 93.1 Å². The number of Topliss-reactive ketones (excluding diaryl/α,β-unsaturated/α-hetero) is 4. The molecule has 0 spiro atoms. The Morgan fingerprint density at radius 1 is 0.479 bits per heavy atom. The molecule has 2 aliphatic rings. The van der Waals surface area contributed by atoms with Gasteiger partial charge >= 0.3 is 36.7 Å². The van der Waals surface area contributed by atoms with Crippen molar-refractivity contribution in [3.8, 4) is 11.5 Å². The van der Waals surface area contributed by atoms with E-state index in [9.17, 15) is 64.7 Å². The Bertz CT molecular complexity index is 3300. The van der Waals surface area contributed by atoms with Gasteiger partial charge in [-0.1, -0.05) is 12.8 Å². The van der Waals surface area contributed by atoms with E-state index in [0.29, 0.717) is 94.4 Å². The number of aromatic nitrogens is 2. The standard InChI is InChI=1S/C37H49F3N4O7.C33H47F3N2O7/c1-23(43-33(47)50-35(3,4)5)12-10-9-11-13-28(45)19-25-17-27(37(38,39)40)18-26(20-31(46)30-16-24(2)41-22-42-30)32(25)49-29-14-15-44(21-29)34(48)51-36(6,7)8;1-21(37-29(41)44-31(3,4)5)12-10-9-11-13-26(40)19-24-18-25(33(34,35)36)17-23(16-22(2)39)28(24)43-27-14-15-38(20-27)30(42)45-32(6,7)8/h16-18,22,29H,9-15,19-21H2,1-8H3;17-18,27H,9-16,19-20H2,1-8H3/t29-;27-/m11/s1. The number of hydrogen-bond acceptors (Lipinski definition) is 16. The second-order valence-electron chi connectivity index (χ2n) is 28.4. The van der Waals surface area contributed by atoms with Crippen molar-refractivity contribution in [2.75, 3.05) is 26.2 Å². The molecule has 0 N–H and O–H groups in total. The van der Waals surface area contributed by atoms with Crippen molar-refractivity contribution >= 4 is 58.9 Å². The number of aliphatic imine (C=N–C) groups is 2. The number of likely N-dealkylation sites (tertiary alicyclic amines) is 2. The van der Waals surface area contributed by atoms with Gasteiger partial charge in [0.2, 0.25) is 0 Å². The number of hydrogen-bond donors (Lipinski definition) is 0. The van der Waals surface area contributed by atoms with Crippen LogP contribution < -0.4 is 9.47 Å². The largest absolute Gasteiger partial charge is 0.488 e. The fourth-order valence-corrected chi connectivity index (χ4v) is 10.1. The Labute approximate surface area is 559 Å². The molecule has 0 saturated carbocycles. The van der Waals surface area contributed by atoms with Crippen molar-refractivity contribution in [1.82, 2.24) is 19.8 Å². The highest BCUT2D eigenvalue weighted by atomic mass is 19.4. The second kappa shape index (κ2) is 34.9. The SMILES string of the molecule is CC(=O)Cc1cc(C(F)(F)F)cc(CC(=O)CCCCCC(C)=NC(=O)OC(C)(C)C)c1O[C@@H]1CCN(C(=O)OC(C)(C)C)C1.CC(CCCCCC(=O)Cc1cc(C(F)(F)F)cc(CC(=O)c2cc(C)ncn2)c1O[C@@H]1CCN(C(=O)OC(C)(C)C)C1)=NC(=O)OC(C)(C)C. The van der Waals surface area contributed by atoms with Crippen LogP contribution in [0.2, 0.25) is 0 Å². The summed E-state index contributed by atoms with van der Waals surface area (Å²) in [5.41, 5.74) is -2.87. The number of aryl methyl sites for hydroxylation is 1. The highest BCUT2D eigenvalue weighted by Crippen LogP contribution is 2.40. The summed E-state index contributed by atoms with van der Waals surface area (Å²) in [6.45, 7) is 28.2. The molecule has 26 heteroatoms. The minimum absolute atomic E-state index is 0.00699. The van der Waals surface area contributed by atoms with Crippen LogP contribution in [0.4, 0.5) is 45.5 Å². The van der Waals surface area contributed by atoms with E-state index in [0.717, 1.165) is 24.3 Å². The van der Waals surface area contributed by atoms with E-state index >= 15 is 0 Å². The van der Waals surface area contributed by atoms with E-state index in [1.807, 2.05) is 0 Å². The van der Waals surface area contributed by atoms with Gasteiger partial charge in [0.1, 0.15) is 75.5 Å². The third-order valence-electron chi connectivity index (χ3n) is 14.3. The topological polar surface area (TPSA) is 249 Å². The normalized spacial score (nSPS) is 15.7. The Hall–Kier alpha value is -7.80. The number of benzene rings is 2. The molecule has 2 aromatic carbocycles. The maximum atomic E-state index is 14.2. The van der Waals surface area contributed by atoms with Crippen LogP contribution in [0.5, 0.6) is 11.5 Å². The lowest BCUT2D eigenvalue weighted by Crippen LogP contribution is -2.36. The number of unbranched alkanes of at least 4 members (excludes halogenated alkanes) is 4. The van der Waals surface area contributed by atoms with Crippen molar-refractivity contribution in [1.29, 1.82) is 0 Å². The lowest BCUT2D eigenvalue weighted by atomic mass is 9.94. The van der Waals surface area contributed by atoms with E-state index in [-0.39, 0.29) is 102 Å². The van der Waals surface area contributed by atoms with Crippen LogP contribution in [0.25, 0.3) is 0 Å². The molecule has 3 heterocycles. The summed E-state index contributed by atoms with van der Waals surface area (Å²) in [5.74, 6) is -1.38. The van der Waals surface area contributed by atoms with E-state index in [1.165, 1.54) is 29.1 Å². The van der Waals surface area contributed by atoms with E-state index in [4.69, 9.17) is 28.4 Å². The number of halogens is 6. The number of amides is 4. The Morgan fingerprint density at radius 3 is 1.18 bits per heavy atom. The second-order valence-corrected chi connectivity index (χ2v) is 28.4. The van der Waals surface area contributed by atoms with Crippen LogP contribution in [0, 0.1) is 6.92 Å². The quantitative estimate of drug-likeness (QED) is 0.0251. The van der Waals surface area contributed by atoms with Crippen LogP contribution in [-0.2, 0) is 71.4 Å². The molecule has 2 atom stereocenters. The lowest BCUT2D eigenvalue weighted by molar-refractivity contribution is -0.138. The molecule has 2 saturated heterocycles. The third kappa shape index (κ3) is 30.1. The van der Waals surface area contributed by atoms with Crippen LogP contribution in [0.15, 0.2) is 46.6 Å². The summed E-state index contributed by atoms with van der Waals surface area (Å²) >= 11 is 0. The summed E-state index contributed by atoms with van der Waals surface area (Å²) < 4.78 is 118. The summed E-state index contributed by atoms with van der Waals surface area (Å²) in [7, 11) is 0. The first-order valence-corrected chi connectivity index (χ1v) is 32.4. The van der Waals surface area contributed by atoms with Gasteiger partial charge in [-0.25, -0.2) is 29.1 Å². The molecular formula is C70H96F6N6O14. The predicted molar refractivity (Wildman–Crippen MR) is 348 cm³/mol. The summed E-state index contributed by atoms with van der Waals surface area (Å²) in [6, 6.07) is 5.02. The average molecular weight is 1360 g/mol. The molecule has 2 aliphatic heterocycles. The van der Waals surface area contributed by atoms with E-state index in [1.54, 1.807) is 104 Å². The molecule has 4 amide bonds. The molecule has 0 bridgehead atoms. The van der Waals surface area contributed by atoms with Gasteiger partial charge in [0.05, 0.1) is 24.2 Å². The number of ether oxygens (including phenoxy) is 6. The Morgan fingerprint density at radius 2 is 0.833 bits per heavy atom. The summed E-state index contributed by atoms with van der Waals surface area (Å²) in [6.07, 6.45) is -7.62. The van der Waals surface area contributed by atoms with Gasteiger partial charge in [-0.15, -0.1) is 0 Å². The first-order chi connectivity index (χ1) is 44.2. The van der Waals surface area contributed by atoms with Gasteiger partial charge in [-0.2, -0.15) is 36.3 Å². The molecule has 0 unspecified atom stereocenters. The third-order valence-corrected chi connectivity index (χ3v) is 14.3. The van der Waals surface area contributed by atoms with Crippen molar-refractivity contribution in [2.45, 2.75) is 260 Å². The highest BCUT2D eigenvalue weighted by molar-refractivity contribution is 5.96. The number of alkyl halides is 6. The van der Waals surface area contributed by atoms with Gasteiger partial charge in [-0.05, 0) is 180 Å². The van der Waals surface area contributed by atoms with Crippen molar-refractivity contribution in [2.24, 2.45) is 9.98 Å². The van der Waals surface area contributed by atoms with Crippen molar-refractivity contribution in [3.63, 3.8) is 0 Å². The zero-order chi connectivity index (χ0) is 72.3. The first kappa shape index (κ1) is 80.6. The zero-order valence-corrected chi connectivity index (χ0v) is 58.4.